The monoisotopic (exact) mass is 338 g/mol. The van der Waals surface area contributed by atoms with E-state index in [4.69, 9.17) is 5.14 Å². The molecule has 1 unspecified atom stereocenters. The van der Waals surface area contributed by atoms with Gasteiger partial charge in [0.2, 0.25) is 15.9 Å². The molecule has 2 N–H and O–H groups in total. The highest BCUT2D eigenvalue weighted by Gasteiger charge is 2.36. The van der Waals surface area contributed by atoms with E-state index in [9.17, 15) is 13.2 Å². The number of hydrogen-bond donors (Lipinski definition) is 1. The van der Waals surface area contributed by atoms with Gasteiger partial charge >= 0.3 is 0 Å². The summed E-state index contributed by atoms with van der Waals surface area (Å²) in [5, 5.41) is 6.20. The van der Waals surface area contributed by atoms with Gasteiger partial charge in [0.1, 0.15) is 5.25 Å². The third-order valence-electron chi connectivity index (χ3n) is 2.70. The second-order valence-electron chi connectivity index (χ2n) is 3.91. The Hall–Kier alpha value is -0.440. The quantitative estimate of drug-likeness (QED) is 0.888. The number of amides is 1. The van der Waals surface area contributed by atoms with Crippen LogP contribution in [-0.2, 0) is 21.4 Å². The predicted octanol–water partition coefficient (Wildman–Crippen LogP) is 0.900. The average Bonchev–Trinajstić information content (AvgIpc) is 2.75. The highest BCUT2D eigenvalue weighted by atomic mass is 79.9. The summed E-state index contributed by atoms with van der Waals surface area (Å²) in [6.45, 7) is 0.606. The summed E-state index contributed by atoms with van der Waals surface area (Å²) in [7, 11) is -3.63. The second kappa shape index (κ2) is 4.68. The first kappa shape index (κ1) is 13.0. The maximum Gasteiger partial charge on any atom is 0.224 e. The van der Waals surface area contributed by atoms with Crippen molar-refractivity contribution >= 4 is 43.2 Å². The molecule has 0 aromatic carbocycles. The van der Waals surface area contributed by atoms with Gasteiger partial charge in [-0.05, 0) is 32.9 Å². The van der Waals surface area contributed by atoms with Crippen molar-refractivity contribution in [3.05, 3.63) is 20.8 Å². The molecule has 5 nitrogen and oxygen atoms in total. The lowest BCUT2D eigenvalue weighted by Gasteiger charge is -2.15. The molecular formula is C9H11BrN2O3S2. The molecule has 1 aliphatic heterocycles. The second-order valence-corrected chi connectivity index (χ2v) is 7.99. The summed E-state index contributed by atoms with van der Waals surface area (Å²) in [6, 6.07) is 1.91. The van der Waals surface area contributed by atoms with Crippen molar-refractivity contribution < 1.29 is 13.2 Å². The van der Waals surface area contributed by atoms with Gasteiger partial charge in [0.15, 0.2) is 0 Å². The number of hydrogen-bond acceptors (Lipinski definition) is 4. The number of carbonyl (C=O) groups excluding carboxylic acids is 1. The Bertz CT molecular complexity index is 540. The van der Waals surface area contributed by atoms with Crippen LogP contribution in [0.4, 0.5) is 0 Å². The first-order chi connectivity index (χ1) is 7.88. The van der Waals surface area contributed by atoms with Gasteiger partial charge < -0.3 is 4.90 Å². The molecule has 1 atom stereocenters. The van der Waals surface area contributed by atoms with Crippen molar-refractivity contribution in [2.45, 2.75) is 18.2 Å². The number of nitrogens with two attached hydrogens (primary N) is 1. The Morgan fingerprint density at radius 2 is 2.29 bits per heavy atom. The van der Waals surface area contributed by atoms with Crippen LogP contribution in [-0.4, -0.2) is 31.0 Å². The minimum absolute atomic E-state index is 0.0133. The third kappa shape index (κ3) is 2.87. The third-order valence-corrected chi connectivity index (χ3v) is 5.75. The smallest absolute Gasteiger partial charge is 0.224 e. The normalized spacial score (nSPS) is 21.2. The van der Waals surface area contributed by atoms with E-state index in [0.717, 1.165) is 9.35 Å². The molecule has 0 bridgehead atoms. The molecule has 0 radical (unpaired) electrons. The zero-order chi connectivity index (χ0) is 12.6. The minimum Gasteiger partial charge on any atom is -0.337 e. The lowest BCUT2D eigenvalue weighted by molar-refractivity contribution is -0.128. The Morgan fingerprint density at radius 1 is 1.59 bits per heavy atom. The average molecular weight is 339 g/mol. The van der Waals surface area contributed by atoms with Crippen molar-refractivity contribution in [3.8, 4) is 0 Å². The van der Waals surface area contributed by atoms with Gasteiger partial charge in [0.25, 0.3) is 0 Å². The molecule has 1 aromatic rings. The zero-order valence-corrected chi connectivity index (χ0v) is 12.0. The molecule has 0 spiro atoms. The fourth-order valence-corrected chi connectivity index (χ4v) is 3.73. The largest absolute Gasteiger partial charge is 0.337 e. The van der Waals surface area contributed by atoms with Crippen LogP contribution in [0.3, 0.4) is 0 Å². The number of rotatable bonds is 3. The Labute approximate surface area is 112 Å². The number of primary sulfonamides is 1. The van der Waals surface area contributed by atoms with Crippen LogP contribution in [0.2, 0.25) is 0 Å². The molecule has 0 saturated carbocycles. The standard InChI is InChI=1S/C9H11BrN2O3S2/c10-9-6(1-2-16-9)4-12-5-7(3-8(12)13)17(11,14)15/h1-2,7H,3-5H2,(H2,11,14,15). The maximum absolute atomic E-state index is 11.7. The van der Waals surface area contributed by atoms with E-state index in [2.05, 4.69) is 15.9 Å². The van der Waals surface area contributed by atoms with Crippen molar-refractivity contribution in [1.29, 1.82) is 0 Å². The molecule has 2 heterocycles. The fourth-order valence-electron chi connectivity index (χ4n) is 1.75. The fraction of sp³-hybridized carbons (Fsp3) is 0.444. The molecule has 1 aromatic heterocycles. The molecular weight excluding hydrogens is 328 g/mol. The molecule has 94 valence electrons. The zero-order valence-electron chi connectivity index (χ0n) is 8.80. The van der Waals surface area contributed by atoms with Gasteiger partial charge in [-0.25, -0.2) is 13.6 Å². The molecule has 1 amide bonds. The van der Waals surface area contributed by atoms with Gasteiger partial charge in [-0.2, -0.15) is 0 Å². The number of nitrogens with zero attached hydrogens (tertiary/aromatic N) is 1. The first-order valence-electron chi connectivity index (χ1n) is 4.89. The van der Waals surface area contributed by atoms with Crippen LogP contribution in [0.15, 0.2) is 15.2 Å². The van der Waals surface area contributed by atoms with Crippen LogP contribution in [0.25, 0.3) is 0 Å². The van der Waals surface area contributed by atoms with E-state index in [1.165, 1.54) is 16.2 Å². The number of likely N-dealkylation sites (tertiary alicyclic amines) is 1. The number of sulfonamides is 1. The summed E-state index contributed by atoms with van der Waals surface area (Å²) in [5.41, 5.74) is 0.985. The van der Waals surface area contributed by atoms with E-state index in [-0.39, 0.29) is 18.9 Å². The summed E-state index contributed by atoms with van der Waals surface area (Å²) in [5.74, 6) is -0.165. The van der Waals surface area contributed by atoms with E-state index >= 15 is 0 Å². The van der Waals surface area contributed by atoms with Gasteiger partial charge in [0, 0.05) is 19.5 Å². The van der Waals surface area contributed by atoms with Crippen molar-refractivity contribution in [1.82, 2.24) is 4.90 Å². The van der Waals surface area contributed by atoms with Gasteiger partial charge in [0.05, 0.1) is 3.79 Å². The molecule has 1 fully saturated rings. The summed E-state index contributed by atoms with van der Waals surface area (Å²) < 4.78 is 23.3. The Kier molecular flexibility index (Phi) is 3.58. The van der Waals surface area contributed by atoms with E-state index in [0.29, 0.717) is 6.54 Å². The SMILES string of the molecule is NS(=O)(=O)C1CC(=O)N(Cc2ccsc2Br)C1. The van der Waals surface area contributed by atoms with Crippen molar-refractivity contribution in [2.24, 2.45) is 5.14 Å². The molecule has 2 rings (SSSR count). The van der Waals surface area contributed by atoms with E-state index in [1.807, 2.05) is 11.4 Å². The summed E-state index contributed by atoms with van der Waals surface area (Å²) in [6.07, 6.45) is -0.0133. The molecule has 8 heteroatoms. The summed E-state index contributed by atoms with van der Waals surface area (Å²) in [4.78, 5) is 13.2. The van der Waals surface area contributed by atoms with Crippen LogP contribution in [0, 0.1) is 0 Å². The Morgan fingerprint density at radius 3 is 2.76 bits per heavy atom. The Balaban J connectivity index is 2.10. The molecule has 17 heavy (non-hydrogen) atoms. The van der Waals surface area contributed by atoms with Gasteiger partial charge in [-0.1, -0.05) is 0 Å². The molecule has 0 aliphatic carbocycles. The lowest BCUT2D eigenvalue weighted by atomic mass is 10.3. The first-order valence-corrected chi connectivity index (χ1v) is 8.17. The number of halogens is 1. The van der Waals surface area contributed by atoms with Crippen LogP contribution < -0.4 is 5.14 Å². The van der Waals surface area contributed by atoms with E-state index < -0.39 is 15.3 Å². The van der Waals surface area contributed by atoms with Gasteiger partial charge in [-0.15, -0.1) is 11.3 Å². The van der Waals surface area contributed by atoms with E-state index in [1.54, 1.807) is 0 Å². The number of thiophene rings is 1. The van der Waals surface area contributed by atoms with Crippen LogP contribution in [0.1, 0.15) is 12.0 Å². The highest BCUT2D eigenvalue weighted by Crippen LogP contribution is 2.27. The number of carbonyl (C=O) groups is 1. The van der Waals surface area contributed by atoms with Crippen molar-refractivity contribution in [2.75, 3.05) is 6.54 Å². The lowest BCUT2D eigenvalue weighted by Crippen LogP contribution is -2.31. The van der Waals surface area contributed by atoms with Gasteiger partial charge in [-0.3, -0.25) is 4.79 Å². The minimum atomic E-state index is -3.63. The van der Waals surface area contributed by atoms with Crippen LogP contribution in [0.5, 0.6) is 0 Å². The maximum atomic E-state index is 11.7. The molecule has 1 saturated heterocycles. The van der Waals surface area contributed by atoms with Crippen LogP contribution >= 0.6 is 27.3 Å². The summed E-state index contributed by atoms with van der Waals surface area (Å²) >= 11 is 4.92. The van der Waals surface area contributed by atoms with Crippen molar-refractivity contribution in [3.63, 3.8) is 0 Å². The molecule has 1 aliphatic rings. The highest BCUT2D eigenvalue weighted by molar-refractivity contribution is 9.11. The topological polar surface area (TPSA) is 80.5 Å². The predicted molar refractivity (Wildman–Crippen MR) is 68.9 cm³/mol.